The standard InChI is InChI=1S/C22H22O12/c1-31-20-11(32-22-18(30)16(28)14(26)12(7-23)33-22)6-10(25)13-15(27)17(29)19(34-21(13)20)8-2-4-9(24)5-3-8/h2-6,12,14,16,18,22-26,28-30H,7H2,1H3/t12-,14-,16+,18-,22-/m1/s1. The second-order valence-corrected chi connectivity index (χ2v) is 7.60. The molecule has 4 rings (SSSR count). The molecule has 12 nitrogen and oxygen atoms in total. The number of aliphatic hydroxyl groups is 4. The number of phenolic OH excluding ortho intramolecular Hbond substituents is 2. The zero-order chi connectivity index (χ0) is 24.7. The highest BCUT2D eigenvalue weighted by Gasteiger charge is 2.45. The van der Waals surface area contributed by atoms with Gasteiger partial charge in [-0.05, 0) is 24.3 Å². The summed E-state index contributed by atoms with van der Waals surface area (Å²) in [4.78, 5) is 12.8. The third-order valence-corrected chi connectivity index (χ3v) is 5.47. The van der Waals surface area contributed by atoms with Crippen molar-refractivity contribution in [2.24, 2.45) is 0 Å². The van der Waals surface area contributed by atoms with Gasteiger partial charge in [0.2, 0.25) is 23.2 Å². The Morgan fingerprint density at radius 3 is 2.29 bits per heavy atom. The van der Waals surface area contributed by atoms with Gasteiger partial charge < -0.3 is 54.4 Å². The molecule has 1 fully saturated rings. The number of methoxy groups -OCH3 is 1. The molecule has 2 aromatic carbocycles. The fourth-order valence-corrected chi connectivity index (χ4v) is 3.67. The van der Waals surface area contributed by atoms with E-state index in [2.05, 4.69) is 0 Å². The van der Waals surface area contributed by atoms with E-state index in [1.165, 1.54) is 31.4 Å². The van der Waals surface area contributed by atoms with E-state index in [-0.39, 0.29) is 34.2 Å². The first-order valence-electron chi connectivity index (χ1n) is 10.0. The first-order valence-corrected chi connectivity index (χ1v) is 10.0. The van der Waals surface area contributed by atoms with Crippen LogP contribution in [0.3, 0.4) is 0 Å². The number of benzene rings is 2. The first kappa shape index (κ1) is 23.6. The summed E-state index contributed by atoms with van der Waals surface area (Å²) in [6.07, 6.45) is -7.94. The third-order valence-electron chi connectivity index (χ3n) is 5.47. The molecule has 12 heteroatoms. The molecule has 0 amide bonds. The van der Waals surface area contributed by atoms with Crippen molar-refractivity contribution in [3.05, 3.63) is 40.6 Å². The highest BCUT2D eigenvalue weighted by atomic mass is 16.7. The van der Waals surface area contributed by atoms with Crippen molar-refractivity contribution < 1.29 is 54.4 Å². The number of aliphatic hydroxyl groups excluding tert-OH is 4. The van der Waals surface area contributed by atoms with Crippen LogP contribution in [0, 0.1) is 0 Å². The van der Waals surface area contributed by atoms with Crippen LogP contribution in [-0.4, -0.2) is 80.2 Å². The van der Waals surface area contributed by atoms with E-state index in [0.717, 1.165) is 6.07 Å². The minimum absolute atomic E-state index is 0.0585. The molecule has 5 atom stereocenters. The van der Waals surface area contributed by atoms with Gasteiger partial charge in [0.15, 0.2) is 17.1 Å². The molecule has 0 bridgehead atoms. The van der Waals surface area contributed by atoms with Crippen molar-refractivity contribution in [2.45, 2.75) is 30.7 Å². The second-order valence-electron chi connectivity index (χ2n) is 7.60. The van der Waals surface area contributed by atoms with Crippen molar-refractivity contribution in [3.63, 3.8) is 0 Å². The highest BCUT2D eigenvalue weighted by molar-refractivity contribution is 5.93. The Morgan fingerprint density at radius 1 is 1.00 bits per heavy atom. The number of rotatable bonds is 5. The fourth-order valence-electron chi connectivity index (χ4n) is 3.67. The van der Waals surface area contributed by atoms with Gasteiger partial charge in [-0.15, -0.1) is 0 Å². The van der Waals surface area contributed by atoms with E-state index >= 15 is 0 Å². The summed E-state index contributed by atoms with van der Waals surface area (Å²) in [6, 6.07) is 6.36. The van der Waals surface area contributed by atoms with Crippen LogP contribution in [-0.2, 0) is 4.74 Å². The molecule has 0 unspecified atom stereocenters. The number of phenols is 2. The van der Waals surface area contributed by atoms with Crippen LogP contribution in [0.4, 0.5) is 0 Å². The van der Waals surface area contributed by atoms with Gasteiger partial charge in [-0.2, -0.15) is 0 Å². The van der Waals surface area contributed by atoms with Crippen molar-refractivity contribution in [3.8, 4) is 40.1 Å². The molecule has 2 heterocycles. The van der Waals surface area contributed by atoms with E-state index in [4.69, 9.17) is 18.6 Å². The quantitative estimate of drug-likeness (QED) is 0.254. The smallest absolute Gasteiger partial charge is 0.238 e. The maximum atomic E-state index is 12.8. The number of hydrogen-bond donors (Lipinski definition) is 7. The average molecular weight is 478 g/mol. The van der Waals surface area contributed by atoms with Gasteiger partial charge in [0, 0.05) is 11.6 Å². The Bertz CT molecular complexity index is 1250. The van der Waals surface area contributed by atoms with Crippen LogP contribution >= 0.6 is 0 Å². The molecule has 0 aliphatic carbocycles. The molecular formula is C22H22O12. The van der Waals surface area contributed by atoms with E-state index in [9.17, 15) is 40.5 Å². The van der Waals surface area contributed by atoms with Crippen molar-refractivity contribution in [1.82, 2.24) is 0 Å². The first-order chi connectivity index (χ1) is 16.2. The number of aromatic hydroxyl groups is 3. The van der Waals surface area contributed by atoms with Crippen LogP contribution in [0.15, 0.2) is 39.5 Å². The lowest BCUT2D eigenvalue weighted by Crippen LogP contribution is -2.60. The van der Waals surface area contributed by atoms with E-state index in [1.807, 2.05) is 0 Å². The maximum absolute atomic E-state index is 12.8. The summed E-state index contributed by atoms with van der Waals surface area (Å²) in [5.41, 5.74) is -1.05. The number of hydrogen-bond acceptors (Lipinski definition) is 12. The molecule has 182 valence electrons. The van der Waals surface area contributed by atoms with Gasteiger partial charge in [-0.25, -0.2) is 0 Å². The minimum atomic E-state index is -1.75. The Hall–Kier alpha value is -3.55. The van der Waals surface area contributed by atoms with Crippen molar-refractivity contribution >= 4 is 11.0 Å². The monoisotopic (exact) mass is 478 g/mol. The van der Waals surface area contributed by atoms with Crippen LogP contribution < -0.4 is 14.9 Å². The summed E-state index contributed by atoms with van der Waals surface area (Å²) in [6.45, 7) is -0.685. The predicted molar refractivity (Wildman–Crippen MR) is 114 cm³/mol. The molecule has 1 saturated heterocycles. The predicted octanol–water partition coefficient (Wildman–Crippen LogP) is -0.236. The number of ether oxygens (including phenoxy) is 3. The third kappa shape index (κ3) is 3.87. The molecule has 1 aromatic heterocycles. The average Bonchev–Trinajstić information content (AvgIpc) is 2.82. The van der Waals surface area contributed by atoms with Gasteiger partial charge in [0.1, 0.15) is 41.3 Å². The van der Waals surface area contributed by atoms with E-state index in [1.54, 1.807) is 0 Å². The van der Waals surface area contributed by atoms with Gasteiger partial charge in [-0.3, -0.25) is 4.79 Å². The summed E-state index contributed by atoms with van der Waals surface area (Å²) < 4.78 is 21.9. The van der Waals surface area contributed by atoms with Crippen LogP contribution in [0.5, 0.6) is 28.7 Å². The van der Waals surface area contributed by atoms with E-state index in [0.29, 0.717) is 0 Å². The van der Waals surface area contributed by atoms with Gasteiger partial charge in [0.05, 0.1) is 13.7 Å². The van der Waals surface area contributed by atoms with Crippen molar-refractivity contribution in [2.75, 3.05) is 13.7 Å². The molecule has 1 aliphatic rings. The molecule has 7 N–H and O–H groups in total. The normalized spacial score (nSPS) is 24.8. The summed E-state index contributed by atoms with van der Waals surface area (Å²) in [5.74, 6) is -2.28. The SMILES string of the molecule is COc1c(O[C@@H]2O[C@H](CO)[C@@H](O)[C@H](O)[C@H]2O)cc(O)c2c(=O)c(O)c(-c3ccc(O)cc3)oc12. The lowest BCUT2D eigenvalue weighted by Gasteiger charge is -2.39. The van der Waals surface area contributed by atoms with Crippen LogP contribution in [0.1, 0.15) is 0 Å². The fraction of sp³-hybridized carbons (Fsp3) is 0.318. The molecule has 34 heavy (non-hydrogen) atoms. The summed E-state index contributed by atoms with van der Waals surface area (Å²) in [7, 11) is 1.21. The zero-order valence-corrected chi connectivity index (χ0v) is 17.7. The van der Waals surface area contributed by atoms with Crippen molar-refractivity contribution in [1.29, 1.82) is 0 Å². The summed E-state index contributed by atoms with van der Waals surface area (Å²) >= 11 is 0. The van der Waals surface area contributed by atoms with Gasteiger partial charge in [0.25, 0.3) is 0 Å². The van der Waals surface area contributed by atoms with Crippen LogP contribution in [0.25, 0.3) is 22.3 Å². The Morgan fingerprint density at radius 2 is 1.68 bits per heavy atom. The Balaban J connectivity index is 1.85. The molecule has 0 saturated carbocycles. The molecule has 0 radical (unpaired) electrons. The van der Waals surface area contributed by atoms with Crippen LogP contribution in [0.2, 0.25) is 0 Å². The van der Waals surface area contributed by atoms with E-state index < -0.39 is 59.6 Å². The molecule has 3 aromatic rings. The lowest BCUT2D eigenvalue weighted by atomic mass is 9.99. The topological polar surface area (TPSA) is 200 Å². The Kier molecular flexibility index (Phi) is 6.25. The highest BCUT2D eigenvalue weighted by Crippen LogP contribution is 2.44. The number of fused-ring (bicyclic) bond motifs is 1. The lowest BCUT2D eigenvalue weighted by molar-refractivity contribution is -0.277. The minimum Gasteiger partial charge on any atom is -0.508 e. The molecule has 1 aliphatic heterocycles. The maximum Gasteiger partial charge on any atom is 0.238 e. The second kappa shape index (κ2) is 9.00. The Labute approximate surface area is 191 Å². The molecule has 0 spiro atoms. The summed E-state index contributed by atoms with van der Waals surface area (Å²) in [5, 5.41) is 69.5. The zero-order valence-electron chi connectivity index (χ0n) is 17.7. The largest absolute Gasteiger partial charge is 0.508 e. The van der Waals surface area contributed by atoms with Gasteiger partial charge in [-0.1, -0.05) is 0 Å². The van der Waals surface area contributed by atoms with Gasteiger partial charge >= 0.3 is 0 Å². The molecular weight excluding hydrogens is 456 g/mol.